The number of oxazole rings is 1. The lowest BCUT2D eigenvalue weighted by molar-refractivity contribution is 0.0974. The second-order valence-electron chi connectivity index (χ2n) is 6.32. The minimum absolute atomic E-state index is 0.164. The van der Waals surface area contributed by atoms with Gasteiger partial charge in [-0.1, -0.05) is 34.1 Å². The van der Waals surface area contributed by atoms with Crippen molar-refractivity contribution in [2.45, 2.75) is 0 Å². The van der Waals surface area contributed by atoms with Crippen LogP contribution in [-0.4, -0.2) is 23.1 Å². The van der Waals surface area contributed by atoms with Crippen molar-refractivity contribution in [3.63, 3.8) is 0 Å². The molecular weight excluding hydrogens is 466 g/mol. The lowest BCUT2D eigenvalue weighted by Gasteiger charge is -2.12. The number of carbonyl (C=O) groups excluding carboxylic acids is 1. The Morgan fingerprint density at radius 2 is 1.93 bits per heavy atom. The molecule has 0 spiro atoms. The lowest BCUT2D eigenvalue weighted by atomic mass is 10.2. The molecule has 0 aliphatic rings. The molecule has 150 valence electrons. The maximum absolute atomic E-state index is 12.6. The summed E-state index contributed by atoms with van der Waals surface area (Å²) in [6.45, 7) is 0. The van der Waals surface area contributed by atoms with Crippen LogP contribution in [0.2, 0.25) is 0 Å². The maximum Gasteiger partial charge on any atom is 0.261 e. The van der Waals surface area contributed by atoms with Gasteiger partial charge < -0.3 is 14.5 Å². The van der Waals surface area contributed by atoms with Gasteiger partial charge in [-0.25, -0.2) is 4.98 Å². The van der Waals surface area contributed by atoms with E-state index in [1.165, 1.54) is 7.11 Å². The predicted molar refractivity (Wildman–Crippen MR) is 124 cm³/mol. The average Bonchev–Trinajstić information content (AvgIpc) is 3.18. The Balaban J connectivity index is 1.49. The number of carbonyl (C=O) groups is 1. The molecule has 6 nitrogen and oxygen atoms in total. The van der Waals surface area contributed by atoms with Gasteiger partial charge in [0.25, 0.3) is 5.91 Å². The summed E-state index contributed by atoms with van der Waals surface area (Å²) in [5.41, 5.74) is 3.37. The number of fused-ring (bicyclic) bond motifs is 1. The molecule has 4 aromatic rings. The second-order valence-corrected chi connectivity index (χ2v) is 7.64. The lowest BCUT2D eigenvalue weighted by Crippen LogP contribution is -2.34. The van der Waals surface area contributed by atoms with E-state index < -0.39 is 0 Å². The average molecular weight is 482 g/mol. The predicted octanol–water partition coefficient (Wildman–Crippen LogP) is 5.39. The van der Waals surface area contributed by atoms with Gasteiger partial charge in [-0.05, 0) is 60.7 Å². The van der Waals surface area contributed by atoms with E-state index in [0.29, 0.717) is 22.9 Å². The van der Waals surface area contributed by atoms with Crippen molar-refractivity contribution in [1.82, 2.24) is 10.3 Å². The molecule has 0 aliphatic heterocycles. The second kappa shape index (κ2) is 8.64. The fraction of sp³-hybridized carbons (Fsp3) is 0.0455. The van der Waals surface area contributed by atoms with Gasteiger partial charge in [0, 0.05) is 15.7 Å². The molecule has 1 aromatic heterocycles. The summed E-state index contributed by atoms with van der Waals surface area (Å²) < 4.78 is 11.8. The number of amides is 1. The van der Waals surface area contributed by atoms with Crippen molar-refractivity contribution in [3.8, 4) is 17.2 Å². The van der Waals surface area contributed by atoms with Crippen LogP contribution >= 0.6 is 28.1 Å². The minimum Gasteiger partial charge on any atom is -0.496 e. The fourth-order valence-corrected chi connectivity index (χ4v) is 3.49. The summed E-state index contributed by atoms with van der Waals surface area (Å²) in [7, 11) is 1.51. The van der Waals surface area contributed by atoms with E-state index in [4.69, 9.17) is 21.4 Å². The quantitative estimate of drug-likeness (QED) is 0.380. The molecule has 0 saturated carbocycles. The smallest absolute Gasteiger partial charge is 0.261 e. The number of anilines is 1. The zero-order chi connectivity index (χ0) is 21.1. The summed E-state index contributed by atoms with van der Waals surface area (Å²) in [5.74, 6) is 0.589. The third kappa shape index (κ3) is 4.34. The van der Waals surface area contributed by atoms with E-state index in [2.05, 4.69) is 31.5 Å². The monoisotopic (exact) mass is 481 g/mol. The topological polar surface area (TPSA) is 76.4 Å². The third-order valence-electron chi connectivity index (χ3n) is 4.29. The van der Waals surface area contributed by atoms with Crippen LogP contribution < -0.4 is 15.4 Å². The van der Waals surface area contributed by atoms with Gasteiger partial charge in [0.15, 0.2) is 10.7 Å². The van der Waals surface area contributed by atoms with Gasteiger partial charge in [-0.3, -0.25) is 10.1 Å². The number of halogens is 1. The fourth-order valence-electron chi connectivity index (χ4n) is 2.92. The first-order valence-electron chi connectivity index (χ1n) is 8.95. The number of aromatic nitrogens is 1. The molecule has 30 heavy (non-hydrogen) atoms. The number of benzene rings is 3. The van der Waals surface area contributed by atoms with Crippen LogP contribution in [0.3, 0.4) is 0 Å². The van der Waals surface area contributed by atoms with E-state index in [0.717, 1.165) is 21.1 Å². The van der Waals surface area contributed by atoms with Crippen molar-refractivity contribution >= 4 is 56.0 Å². The van der Waals surface area contributed by atoms with E-state index in [1.807, 2.05) is 48.5 Å². The molecular formula is C22H16BrN3O3S. The molecule has 2 N–H and O–H groups in total. The Kier molecular flexibility index (Phi) is 5.78. The number of rotatable bonds is 4. The molecule has 0 fully saturated rings. The van der Waals surface area contributed by atoms with Crippen molar-refractivity contribution in [2.24, 2.45) is 0 Å². The maximum atomic E-state index is 12.6. The van der Waals surface area contributed by atoms with Crippen LogP contribution in [0, 0.1) is 0 Å². The highest BCUT2D eigenvalue weighted by Gasteiger charge is 2.15. The van der Waals surface area contributed by atoms with E-state index in [9.17, 15) is 4.79 Å². The Morgan fingerprint density at radius 3 is 2.73 bits per heavy atom. The first-order valence-corrected chi connectivity index (χ1v) is 10.2. The van der Waals surface area contributed by atoms with E-state index >= 15 is 0 Å². The highest BCUT2D eigenvalue weighted by atomic mass is 79.9. The summed E-state index contributed by atoms with van der Waals surface area (Å²) >= 11 is 8.66. The summed E-state index contributed by atoms with van der Waals surface area (Å²) in [6, 6.07) is 20.2. The Labute approximate surface area is 186 Å². The van der Waals surface area contributed by atoms with Crippen molar-refractivity contribution in [3.05, 3.63) is 76.8 Å². The number of ether oxygens (including phenoxy) is 1. The number of hydrogen-bond donors (Lipinski definition) is 2. The van der Waals surface area contributed by atoms with Crippen LogP contribution in [0.4, 0.5) is 5.69 Å². The van der Waals surface area contributed by atoms with Crippen LogP contribution in [0.1, 0.15) is 10.4 Å². The van der Waals surface area contributed by atoms with Crippen LogP contribution in [0.15, 0.2) is 75.6 Å². The number of methoxy groups -OCH3 is 1. The van der Waals surface area contributed by atoms with Crippen LogP contribution in [-0.2, 0) is 0 Å². The molecule has 0 aliphatic carbocycles. The standard InChI is InChI=1S/C22H16BrN3O3S/c1-28-18-10-9-14(23)12-16(18)20(27)26-22(30)24-15-6-4-5-13(11-15)21-25-17-7-2-3-8-19(17)29-21/h2-12H,1H3,(H2,24,26,27,30). The van der Waals surface area contributed by atoms with E-state index in [-0.39, 0.29) is 11.0 Å². The van der Waals surface area contributed by atoms with Gasteiger partial charge >= 0.3 is 0 Å². The van der Waals surface area contributed by atoms with Crippen molar-refractivity contribution < 1.29 is 13.9 Å². The zero-order valence-corrected chi connectivity index (χ0v) is 18.2. The highest BCUT2D eigenvalue weighted by Crippen LogP contribution is 2.26. The number of nitrogens with zero attached hydrogens (tertiary/aromatic N) is 1. The normalized spacial score (nSPS) is 10.6. The third-order valence-corrected chi connectivity index (χ3v) is 4.99. The Morgan fingerprint density at radius 1 is 1.10 bits per heavy atom. The number of nitrogens with one attached hydrogen (secondary N) is 2. The van der Waals surface area contributed by atoms with Crippen molar-refractivity contribution in [2.75, 3.05) is 12.4 Å². The molecule has 1 amide bonds. The number of para-hydroxylation sites is 2. The van der Waals surface area contributed by atoms with Gasteiger partial charge in [0.05, 0.1) is 12.7 Å². The summed E-state index contributed by atoms with van der Waals surface area (Å²) in [5, 5.41) is 5.85. The molecule has 4 rings (SSSR count). The molecule has 3 aromatic carbocycles. The van der Waals surface area contributed by atoms with Gasteiger partial charge in [0.2, 0.25) is 5.89 Å². The molecule has 0 unspecified atom stereocenters. The SMILES string of the molecule is COc1ccc(Br)cc1C(=O)NC(=S)Nc1cccc(-c2nc3ccccc3o2)c1. The molecule has 0 bridgehead atoms. The number of hydrogen-bond acceptors (Lipinski definition) is 5. The first kappa shape index (κ1) is 20.1. The van der Waals surface area contributed by atoms with E-state index in [1.54, 1.807) is 18.2 Å². The Bertz CT molecular complexity index is 1220. The highest BCUT2D eigenvalue weighted by molar-refractivity contribution is 9.10. The number of thiocarbonyl (C=S) groups is 1. The molecule has 8 heteroatoms. The Hall–Kier alpha value is -3.23. The first-order chi connectivity index (χ1) is 14.5. The minimum atomic E-state index is -0.374. The summed E-state index contributed by atoms with van der Waals surface area (Å²) in [4.78, 5) is 17.1. The molecule has 1 heterocycles. The van der Waals surface area contributed by atoms with Gasteiger partial charge in [0.1, 0.15) is 11.3 Å². The van der Waals surface area contributed by atoms with Crippen LogP contribution in [0.25, 0.3) is 22.6 Å². The van der Waals surface area contributed by atoms with Crippen molar-refractivity contribution in [1.29, 1.82) is 0 Å². The van der Waals surface area contributed by atoms with Gasteiger partial charge in [-0.15, -0.1) is 0 Å². The molecule has 0 radical (unpaired) electrons. The zero-order valence-electron chi connectivity index (χ0n) is 15.8. The van der Waals surface area contributed by atoms with Crippen LogP contribution in [0.5, 0.6) is 5.75 Å². The van der Waals surface area contributed by atoms with Gasteiger partial charge in [-0.2, -0.15) is 0 Å². The molecule has 0 atom stereocenters. The summed E-state index contributed by atoms with van der Waals surface area (Å²) in [6.07, 6.45) is 0. The molecule has 0 saturated heterocycles. The largest absolute Gasteiger partial charge is 0.496 e.